The molecule has 23 heavy (non-hydrogen) atoms. The number of carboxylic acids is 1. The minimum Gasteiger partial charge on any atom is -0.476 e. The number of hydrogen-bond acceptors (Lipinski definition) is 3. The molecule has 0 spiro atoms. The Kier molecular flexibility index (Phi) is 3.79. The summed E-state index contributed by atoms with van der Waals surface area (Å²) in [6.45, 7) is 7.38. The molecule has 2 N–H and O–H groups in total. The first-order chi connectivity index (χ1) is 11.1. The normalized spacial score (nSPS) is 10.3. The van der Waals surface area contributed by atoms with E-state index in [4.69, 9.17) is 23.3 Å². The number of aromatic nitrogens is 3. The summed E-state index contributed by atoms with van der Waals surface area (Å²) in [4.78, 5) is 14.7. The van der Waals surface area contributed by atoms with Crippen molar-refractivity contribution in [3.8, 4) is 22.4 Å². The number of H-pyrrole nitrogens is 1. The summed E-state index contributed by atoms with van der Waals surface area (Å²) in [6.07, 6.45) is 0. The van der Waals surface area contributed by atoms with Gasteiger partial charge in [0.15, 0.2) is 11.4 Å². The van der Waals surface area contributed by atoms with E-state index in [1.165, 1.54) is 0 Å². The Morgan fingerprint density at radius 1 is 1.13 bits per heavy atom. The van der Waals surface area contributed by atoms with E-state index < -0.39 is 5.97 Å². The van der Waals surface area contributed by atoms with E-state index in [1.807, 2.05) is 12.1 Å². The number of aromatic amines is 1. The predicted molar refractivity (Wildman–Crippen MR) is 85.5 cm³/mol. The Hall–Kier alpha value is -3.17. The topological polar surface area (TPSA) is 83.2 Å². The molecule has 3 rings (SSSR count). The number of nitrogens with zero attached hydrogens (tertiary/aromatic N) is 3. The van der Waals surface area contributed by atoms with Crippen molar-refractivity contribution in [3.63, 3.8) is 0 Å². The second-order valence-corrected chi connectivity index (χ2v) is 5.11. The van der Waals surface area contributed by atoms with Gasteiger partial charge in [-0.15, -0.1) is 5.10 Å². The lowest BCUT2D eigenvalue weighted by molar-refractivity contribution is 0.0691. The van der Waals surface area contributed by atoms with Gasteiger partial charge in [0.2, 0.25) is 0 Å². The zero-order valence-electron chi connectivity index (χ0n) is 11.6. The van der Waals surface area contributed by atoms with Gasteiger partial charge in [0, 0.05) is 5.02 Å². The molecule has 0 saturated heterocycles. The van der Waals surface area contributed by atoms with Gasteiger partial charge in [0.25, 0.3) is 0 Å². The highest BCUT2D eigenvalue weighted by Gasteiger charge is 2.18. The van der Waals surface area contributed by atoms with Gasteiger partial charge in [-0.25, -0.2) is 9.64 Å². The van der Waals surface area contributed by atoms with Gasteiger partial charge >= 0.3 is 5.97 Å². The lowest BCUT2D eigenvalue weighted by Crippen LogP contribution is -1.99. The molecular formula is C16H9ClN4O2. The van der Waals surface area contributed by atoms with Crippen LogP contribution in [0.5, 0.6) is 0 Å². The zero-order chi connectivity index (χ0) is 16.4. The lowest BCUT2D eigenvalue weighted by Gasteiger charge is -2.07. The summed E-state index contributed by atoms with van der Waals surface area (Å²) < 4.78 is 0. The predicted octanol–water partition coefficient (Wildman–Crippen LogP) is 4.04. The fourth-order valence-electron chi connectivity index (χ4n) is 2.23. The van der Waals surface area contributed by atoms with Gasteiger partial charge in [-0.05, 0) is 34.9 Å². The number of halogens is 1. The zero-order valence-corrected chi connectivity index (χ0v) is 12.4. The van der Waals surface area contributed by atoms with Gasteiger partial charge in [0.1, 0.15) is 5.69 Å². The molecule has 2 aromatic carbocycles. The van der Waals surface area contributed by atoms with Crippen LogP contribution >= 0.6 is 11.6 Å². The number of carboxylic acid groups (broad SMARTS) is 1. The van der Waals surface area contributed by atoms with Crippen molar-refractivity contribution < 1.29 is 9.90 Å². The standard InChI is InChI=1S/C16H9ClN4O2/c1-18-13-8-10(14-15(16(22)23)20-21-19-14)4-7-12(13)9-2-5-11(17)6-3-9/h2-8H,(H,22,23)(H,19,20,21). The molecule has 0 aliphatic rings. The number of hydrogen-bond donors (Lipinski definition) is 2. The van der Waals surface area contributed by atoms with Crippen molar-refractivity contribution in [2.45, 2.75) is 0 Å². The van der Waals surface area contributed by atoms with Crippen molar-refractivity contribution in [3.05, 3.63) is 64.6 Å². The van der Waals surface area contributed by atoms with Crippen molar-refractivity contribution >= 4 is 23.3 Å². The maximum absolute atomic E-state index is 11.1. The maximum Gasteiger partial charge on any atom is 0.358 e. The van der Waals surface area contributed by atoms with Crippen LogP contribution in [-0.4, -0.2) is 26.5 Å². The van der Waals surface area contributed by atoms with Gasteiger partial charge in [-0.2, -0.15) is 10.3 Å². The molecule has 7 heteroatoms. The van der Waals surface area contributed by atoms with Crippen LogP contribution in [0.1, 0.15) is 10.5 Å². The molecule has 0 bridgehead atoms. The Morgan fingerprint density at radius 2 is 1.83 bits per heavy atom. The highest BCUT2D eigenvalue weighted by Crippen LogP contribution is 2.35. The number of nitrogens with one attached hydrogen (secondary N) is 1. The molecule has 0 fully saturated rings. The molecule has 3 aromatic rings. The maximum atomic E-state index is 11.1. The molecule has 0 unspecified atom stereocenters. The fraction of sp³-hybridized carbons (Fsp3) is 0. The number of rotatable bonds is 3. The molecule has 1 aromatic heterocycles. The minimum atomic E-state index is -1.18. The van der Waals surface area contributed by atoms with Crippen molar-refractivity contribution in [2.75, 3.05) is 0 Å². The smallest absolute Gasteiger partial charge is 0.358 e. The third-order valence-corrected chi connectivity index (χ3v) is 3.55. The van der Waals surface area contributed by atoms with Gasteiger partial charge < -0.3 is 5.11 Å². The van der Waals surface area contributed by atoms with Crippen LogP contribution in [0.3, 0.4) is 0 Å². The Balaban J connectivity index is 2.10. The fourth-order valence-corrected chi connectivity index (χ4v) is 2.35. The highest BCUT2D eigenvalue weighted by atomic mass is 35.5. The summed E-state index contributed by atoms with van der Waals surface area (Å²) >= 11 is 5.88. The van der Waals surface area contributed by atoms with E-state index in [2.05, 4.69) is 20.3 Å². The first-order valence-corrected chi connectivity index (χ1v) is 6.90. The van der Waals surface area contributed by atoms with E-state index in [9.17, 15) is 4.79 Å². The molecule has 112 valence electrons. The third kappa shape index (κ3) is 2.78. The molecule has 0 saturated carbocycles. The van der Waals surface area contributed by atoms with Crippen LogP contribution in [0.15, 0.2) is 42.5 Å². The van der Waals surface area contributed by atoms with Gasteiger partial charge in [-0.1, -0.05) is 35.9 Å². The van der Waals surface area contributed by atoms with Crippen molar-refractivity contribution in [1.29, 1.82) is 0 Å². The molecular weight excluding hydrogens is 316 g/mol. The van der Waals surface area contributed by atoms with E-state index >= 15 is 0 Å². The minimum absolute atomic E-state index is 0.180. The Labute approximate surface area is 136 Å². The first kappa shape index (κ1) is 14.8. The quantitative estimate of drug-likeness (QED) is 0.712. The largest absolute Gasteiger partial charge is 0.476 e. The van der Waals surface area contributed by atoms with E-state index in [1.54, 1.807) is 30.3 Å². The molecule has 1 heterocycles. The number of aromatic carboxylic acids is 1. The Bertz CT molecular complexity index is 926. The molecule has 6 nitrogen and oxygen atoms in total. The average molecular weight is 325 g/mol. The number of carbonyl (C=O) groups is 1. The van der Waals surface area contributed by atoms with Crippen LogP contribution in [0, 0.1) is 6.57 Å². The molecule has 0 atom stereocenters. The van der Waals surface area contributed by atoms with Gasteiger partial charge in [-0.3, -0.25) is 0 Å². The van der Waals surface area contributed by atoms with E-state index in [0.717, 1.165) is 11.1 Å². The molecule has 0 amide bonds. The molecule has 0 radical (unpaired) electrons. The summed E-state index contributed by atoms with van der Waals surface area (Å²) in [6, 6.07) is 12.2. The first-order valence-electron chi connectivity index (χ1n) is 6.52. The van der Waals surface area contributed by atoms with E-state index in [-0.39, 0.29) is 11.4 Å². The third-order valence-electron chi connectivity index (χ3n) is 3.30. The van der Waals surface area contributed by atoms with Crippen LogP contribution in [-0.2, 0) is 0 Å². The second kappa shape index (κ2) is 5.91. The van der Waals surface area contributed by atoms with Crippen LogP contribution in [0.4, 0.5) is 5.69 Å². The molecule has 0 aliphatic carbocycles. The van der Waals surface area contributed by atoms with Crippen LogP contribution in [0.2, 0.25) is 5.02 Å². The Morgan fingerprint density at radius 3 is 2.48 bits per heavy atom. The number of benzene rings is 2. The SMILES string of the molecule is [C-]#[N+]c1cc(-c2n[nH]nc2C(=O)O)ccc1-c1ccc(Cl)cc1. The summed E-state index contributed by atoms with van der Waals surface area (Å²) in [5.41, 5.74) is 2.51. The second-order valence-electron chi connectivity index (χ2n) is 4.68. The monoisotopic (exact) mass is 324 g/mol. The van der Waals surface area contributed by atoms with Crippen LogP contribution < -0.4 is 0 Å². The van der Waals surface area contributed by atoms with E-state index in [0.29, 0.717) is 16.3 Å². The van der Waals surface area contributed by atoms with Crippen molar-refractivity contribution in [2.24, 2.45) is 0 Å². The van der Waals surface area contributed by atoms with Crippen LogP contribution in [0.25, 0.3) is 27.2 Å². The average Bonchev–Trinajstić information content (AvgIpc) is 3.05. The van der Waals surface area contributed by atoms with Crippen molar-refractivity contribution in [1.82, 2.24) is 15.4 Å². The lowest BCUT2D eigenvalue weighted by atomic mass is 10.00. The summed E-state index contributed by atoms with van der Waals surface area (Å²) in [5.74, 6) is -1.18. The molecule has 0 aliphatic heterocycles. The van der Waals surface area contributed by atoms with Gasteiger partial charge in [0.05, 0.1) is 6.57 Å². The summed E-state index contributed by atoms with van der Waals surface area (Å²) in [5, 5.41) is 19.5. The highest BCUT2D eigenvalue weighted by molar-refractivity contribution is 6.30. The summed E-state index contributed by atoms with van der Waals surface area (Å²) in [7, 11) is 0.